The Morgan fingerprint density at radius 3 is 2.47 bits per heavy atom. The molecule has 0 saturated heterocycles. The smallest absolute Gasteiger partial charge is 0.0916 e. The number of hydrogen-bond donors (Lipinski definition) is 1. The number of rotatable bonds is 7. The molecule has 0 fully saturated rings. The summed E-state index contributed by atoms with van der Waals surface area (Å²) in [6.07, 6.45) is 0.604. The van der Waals surface area contributed by atoms with Gasteiger partial charge < -0.3 is 14.7 Å². The molecule has 0 bridgehead atoms. The Bertz CT molecular complexity index is 311. The third-order valence-electron chi connectivity index (χ3n) is 2.93. The van der Waals surface area contributed by atoms with Gasteiger partial charge in [-0.25, -0.2) is 0 Å². The van der Waals surface area contributed by atoms with Crippen LogP contribution < -0.4 is 0 Å². The van der Waals surface area contributed by atoms with Crippen LogP contribution in [0.5, 0.6) is 0 Å². The molecule has 0 aliphatic heterocycles. The largest absolute Gasteiger partial charge is 0.387 e. The highest BCUT2D eigenvalue weighted by molar-refractivity contribution is 5.24. The van der Waals surface area contributed by atoms with E-state index in [9.17, 15) is 5.11 Å². The summed E-state index contributed by atoms with van der Waals surface area (Å²) in [5, 5.41) is 10.1. The molecular formula is C14H23NO2. The van der Waals surface area contributed by atoms with Gasteiger partial charge in [0, 0.05) is 20.2 Å². The number of likely N-dealkylation sites (N-methyl/N-ethyl adjacent to an activating group) is 1. The number of benzene rings is 1. The van der Waals surface area contributed by atoms with E-state index in [1.165, 1.54) is 5.56 Å². The highest BCUT2D eigenvalue weighted by atomic mass is 16.5. The van der Waals surface area contributed by atoms with Crippen LogP contribution in [0.4, 0.5) is 0 Å². The number of aryl methyl sites for hydroxylation is 1. The van der Waals surface area contributed by atoms with Gasteiger partial charge in [0.05, 0.1) is 12.7 Å². The lowest BCUT2D eigenvalue weighted by molar-refractivity contribution is 0.103. The fourth-order valence-corrected chi connectivity index (χ4v) is 1.71. The van der Waals surface area contributed by atoms with Crippen molar-refractivity contribution in [2.75, 3.05) is 33.9 Å². The maximum absolute atomic E-state index is 10.1. The molecule has 96 valence electrons. The minimum atomic E-state index is -0.428. The van der Waals surface area contributed by atoms with Gasteiger partial charge in [-0.05, 0) is 24.6 Å². The van der Waals surface area contributed by atoms with Crippen molar-refractivity contribution in [1.29, 1.82) is 0 Å². The first-order chi connectivity index (χ1) is 8.17. The molecule has 0 aliphatic rings. The predicted molar refractivity (Wildman–Crippen MR) is 70.2 cm³/mol. The van der Waals surface area contributed by atoms with E-state index in [1.54, 1.807) is 7.11 Å². The summed E-state index contributed by atoms with van der Waals surface area (Å²) in [5.74, 6) is 0. The van der Waals surface area contributed by atoms with Crippen LogP contribution in [0.1, 0.15) is 24.2 Å². The third-order valence-corrected chi connectivity index (χ3v) is 2.93. The van der Waals surface area contributed by atoms with Crippen LogP contribution in [0.2, 0.25) is 0 Å². The van der Waals surface area contributed by atoms with E-state index < -0.39 is 6.10 Å². The number of methoxy groups -OCH3 is 1. The molecule has 1 N–H and O–H groups in total. The lowest BCUT2D eigenvalue weighted by Crippen LogP contribution is -2.27. The van der Waals surface area contributed by atoms with Crippen LogP contribution in [0.15, 0.2) is 24.3 Å². The molecule has 1 atom stereocenters. The molecule has 0 saturated carbocycles. The molecule has 0 spiro atoms. The highest BCUT2D eigenvalue weighted by Crippen LogP contribution is 2.15. The molecule has 0 radical (unpaired) electrons. The second-order valence-corrected chi connectivity index (χ2v) is 4.37. The van der Waals surface area contributed by atoms with E-state index in [0.717, 1.165) is 18.5 Å². The van der Waals surface area contributed by atoms with E-state index in [1.807, 2.05) is 19.2 Å². The minimum absolute atomic E-state index is 0.428. The van der Waals surface area contributed by atoms with Crippen molar-refractivity contribution in [1.82, 2.24) is 4.90 Å². The maximum atomic E-state index is 10.1. The zero-order chi connectivity index (χ0) is 12.7. The Morgan fingerprint density at radius 2 is 1.94 bits per heavy atom. The zero-order valence-electron chi connectivity index (χ0n) is 11.0. The molecule has 1 unspecified atom stereocenters. The molecule has 1 aromatic rings. The highest BCUT2D eigenvalue weighted by Gasteiger charge is 2.10. The molecule has 1 aromatic carbocycles. The van der Waals surface area contributed by atoms with Crippen molar-refractivity contribution >= 4 is 0 Å². The topological polar surface area (TPSA) is 32.7 Å². The van der Waals surface area contributed by atoms with Gasteiger partial charge >= 0.3 is 0 Å². The maximum Gasteiger partial charge on any atom is 0.0916 e. The van der Waals surface area contributed by atoms with Crippen LogP contribution in [-0.4, -0.2) is 43.9 Å². The summed E-state index contributed by atoms with van der Waals surface area (Å²) in [6, 6.07) is 8.17. The Kier molecular flexibility index (Phi) is 6.19. The molecule has 17 heavy (non-hydrogen) atoms. The molecule has 1 rings (SSSR count). The number of hydrogen-bond acceptors (Lipinski definition) is 3. The van der Waals surface area contributed by atoms with Gasteiger partial charge in [0.15, 0.2) is 0 Å². The lowest BCUT2D eigenvalue weighted by Gasteiger charge is -2.20. The van der Waals surface area contributed by atoms with E-state index in [4.69, 9.17) is 4.74 Å². The van der Waals surface area contributed by atoms with Gasteiger partial charge in [-0.15, -0.1) is 0 Å². The average Bonchev–Trinajstić information content (AvgIpc) is 2.36. The Hall–Kier alpha value is -0.900. The number of aliphatic hydroxyl groups excluding tert-OH is 1. The molecule has 0 aromatic heterocycles. The van der Waals surface area contributed by atoms with E-state index >= 15 is 0 Å². The normalized spacial score (nSPS) is 13.0. The zero-order valence-corrected chi connectivity index (χ0v) is 11.0. The summed E-state index contributed by atoms with van der Waals surface area (Å²) in [7, 11) is 3.68. The monoisotopic (exact) mass is 237 g/mol. The molecular weight excluding hydrogens is 214 g/mol. The van der Waals surface area contributed by atoms with Crippen LogP contribution in [0.3, 0.4) is 0 Å². The van der Waals surface area contributed by atoms with Gasteiger partial charge in [0.2, 0.25) is 0 Å². The van der Waals surface area contributed by atoms with E-state index in [2.05, 4.69) is 24.0 Å². The number of nitrogens with zero attached hydrogens (tertiary/aromatic N) is 1. The van der Waals surface area contributed by atoms with Crippen molar-refractivity contribution in [3.63, 3.8) is 0 Å². The van der Waals surface area contributed by atoms with E-state index in [-0.39, 0.29) is 0 Å². The first-order valence-corrected chi connectivity index (χ1v) is 6.11. The van der Waals surface area contributed by atoms with E-state index in [0.29, 0.717) is 13.2 Å². The standard InChI is InChI=1S/C14H23NO2/c1-4-12-5-7-13(8-6-12)14(16)11-15(2)9-10-17-3/h5-8,14,16H,4,9-11H2,1-3H3. The second-order valence-electron chi connectivity index (χ2n) is 4.37. The van der Waals surface area contributed by atoms with Crippen LogP contribution in [0, 0.1) is 0 Å². The van der Waals surface area contributed by atoms with Gasteiger partial charge in [0.1, 0.15) is 0 Å². The van der Waals surface area contributed by atoms with Crippen molar-refractivity contribution < 1.29 is 9.84 Å². The SMILES string of the molecule is CCc1ccc(C(O)CN(C)CCOC)cc1. The predicted octanol–water partition coefficient (Wildman–Crippen LogP) is 1.86. The summed E-state index contributed by atoms with van der Waals surface area (Å²) in [6.45, 7) is 4.29. The fraction of sp³-hybridized carbons (Fsp3) is 0.571. The molecule has 3 heteroatoms. The average molecular weight is 237 g/mol. The summed E-state index contributed by atoms with van der Waals surface area (Å²) < 4.78 is 5.01. The van der Waals surface area contributed by atoms with Crippen molar-refractivity contribution in [2.45, 2.75) is 19.4 Å². The van der Waals surface area contributed by atoms with Crippen molar-refractivity contribution in [3.05, 3.63) is 35.4 Å². The van der Waals surface area contributed by atoms with Gasteiger partial charge in [-0.1, -0.05) is 31.2 Å². The van der Waals surface area contributed by atoms with Gasteiger partial charge in [-0.2, -0.15) is 0 Å². The molecule has 0 aliphatic carbocycles. The number of aliphatic hydroxyl groups is 1. The quantitative estimate of drug-likeness (QED) is 0.785. The Labute approximate surface area is 104 Å². The van der Waals surface area contributed by atoms with Gasteiger partial charge in [-0.3, -0.25) is 0 Å². The summed E-state index contributed by atoms with van der Waals surface area (Å²) in [5.41, 5.74) is 2.28. The van der Waals surface area contributed by atoms with Gasteiger partial charge in [0.25, 0.3) is 0 Å². The second kappa shape index (κ2) is 7.43. The Balaban J connectivity index is 2.47. The minimum Gasteiger partial charge on any atom is -0.387 e. The van der Waals surface area contributed by atoms with Crippen molar-refractivity contribution in [2.24, 2.45) is 0 Å². The molecule has 0 amide bonds. The molecule has 0 heterocycles. The van der Waals surface area contributed by atoms with Crippen LogP contribution in [0.25, 0.3) is 0 Å². The Morgan fingerprint density at radius 1 is 1.29 bits per heavy atom. The first-order valence-electron chi connectivity index (χ1n) is 6.11. The third kappa shape index (κ3) is 4.86. The van der Waals surface area contributed by atoms with Crippen molar-refractivity contribution in [3.8, 4) is 0 Å². The van der Waals surface area contributed by atoms with Crippen LogP contribution in [-0.2, 0) is 11.2 Å². The first kappa shape index (κ1) is 14.2. The molecule has 3 nitrogen and oxygen atoms in total. The fourth-order valence-electron chi connectivity index (χ4n) is 1.71. The van der Waals surface area contributed by atoms with Crippen LogP contribution >= 0.6 is 0 Å². The summed E-state index contributed by atoms with van der Waals surface area (Å²) in [4.78, 5) is 2.07. The summed E-state index contributed by atoms with van der Waals surface area (Å²) >= 11 is 0. The lowest BCUT2D eigenvalue weighted by atomic mass is 10.1. The number of ether oxygens (including phenoxy) is 1.